The third-order valence-corrected chi connectivity index (χ3v) is 4.56. The van der Waals surface area contributed by atoms with E-state index in [1.807, 2.05) is 18.2 Å². The molecule has 5 heteroatoms. The van der Waals surface area contributed by atoms with E-state index in [-0.39, 0.29) is 6.61 Å². The van der Waals surface area contributed by atoms with E-state index in [1.54, 1.807) is 0 Å². The van der Waals surface area contributed by atoms with Crippen LogP contribution in [0.2, 0.25) is 0 Å². The number of aliphatic hydroxyl groups is 1. The fraction of sp³-hybridized carbons (Fsp3) is 0.533. The predicted octanol–water partition coefficient (Wildman–Crippen LogP) is 1.90. The van der Waals surface area contributed by atoms with Crippen molar-refractivity contribution in [3.8, 4) is 0 Å². The fourth-order valence-corrected chi connectivity index (χ4v) is 3.63. The molecule has 1 atom stereocenters. The standard InChI is InChI=1S/C15H20N2O3/c18-11-15(8-4-10-17(15)14(19)20)16-9-3-6-12-5-1-2-7-13(12)16/h1-2,5,7,18H,3-4,6,8-11H2,(H,19,20). The highest BCUT2D eigenvalue weighted by molar-refractivity contribution is 5.69. The van der Waals surface area contributed by atoms with Crippen molar-refractivity contribution >= 4 is 11.8 Å². The molecule has 0 spiro atoms. The van der Waals surface area contributed by atoms with Crippen molar-refractivity contribution in [3.05, 3.63) is 29.8 Å². The molecule has 0 bridgehead atoms. The Labute approximate surface area is 118 Å². The van der Waals surface area contributed by atoms with E-state index in [2.05, 4.69) is 11.0 Å². The van der Waals surface area contributed by atoms with Crippen molar-refractivity contribution in [2.75, 3.05) is 24.6 Å². The van der Waals surface area contributed by atoms with E-state index >= 15 is 0 Å². The Morgan fingerprint density at radius 2 is 2.05 bits per heavy atom. The van der Waals surface area contributed by atoms with Gasteiger partial charge in [0.25, 0.3) is 0 Å². The number of rotatable bonds is 2. The minimum absolute atomic E-state index is 0.159. The molecule has 0 aromatic heterocycles. The van der Waals surface area contributed by atoms with E-state index in [4.69, 9.17) is 0 Å². The molecule has 2 N–H and O–H groups in total. The highest BCUT2D eigenvalue weighted by Gasteiger charge is 2.49. The van der Waals surface area contributed by atoms with Crippen LogP contribution in [0.15, 0.2) is 24.3 Å². The maximum atomic E-state index is 11.5. The minimum Gasteiger partial charge on any atom is -0.465 e. The van der Waals surface area contributed by atoms with Crippen molar-refractivity contribution in [1.82, 2.24) is 4.90 Å². The second-order valence-corrected chi connectivity index (χ2v) is 5.56. The van der Waals surface area contributed by atoms with Gasteiger partial charge in [-0.15, -0.1) is 0 Å². The van der Waals surface area contributed by atoms with Gasteiger partial charge in [0, 0.05) is 18.8 Å². The number of para-hydroxylation sites is 1. The number of aryl methyl sites for hydroxylation is 1. The summed E-state index contributed by atoms with van der Waals surface area (Å²) in [5.41, 5.74) is 1.52. The van der Waals surface area contributed by atoms with Gasteiger partial charge >= 0.3 is 6.09 Å². The van der Waals surface area contributed by atoms with Crippen molar-refractivity contribution in [2.45, 2.75) is 31.3 Å². The fourth-order valence-electron chi connectivity index (χ4n) is 3.63. The van der Waals surface area contributed by atoms with Gasteiger partial charge in [-0.3, -0.25) is 4.90 Å². The zero-order valence-corrected chi connectivity index (χ0v) is 11.5. The molecule has 3 rings (SSSR count). The largest absolute Gasteiger partial charge is 0.465 e. The second kappa shape index (κ2) is 4.98. The van der Waals surface area contributed by atoms with Crippen molar-refractivity contribution in [1.29, 1.82) is 0 Å². The van der Waals surface area contributed by atoms with Gasteiger partial charge in [0.15, 0.2) is 0 Å². The van der Waals surface area contributed by atoms with Crippen molar-refractivity contribution in [3.63, 3.8) is 0 Å². The van der Waals surface area contributed by atoms with Crippen molar-refractivity contribution < 1.29 is 15.0 Å². The third-order valence-electron chi connectivity index (χ3n) is 4.56. The summed E-state index contributed by atoms with van der Waals surface area (Å²) in [4.78, 5) is 15.0. The molecule has 0 saturated carbocycles. The monoisotopic (exact) mass is 276 g/mol. The van der Waals surface area contributed by atoms with E-state index in [9.17, 15) is 15.0 Å². The molecule has 108 valence electrons. The van der Waals surface area contributed by atoms with Crippen LogP contribution in [-0.4, -0.2) is 46.6 Å². The van der Waals surface area contributed by atoms with Crippen LogP contribution >= 0.6 is 0 Å². The van der Waals surface area contributed by atoms with Gasteiger partial charge in [0.2, 0.25) is 0 Å². The Kier molecular flexibility index (Phi) is 3.30. The maximum absolute atomic E-state index is 11.5. The van der Waals surface area contributed by atoms with Crippen LogP contribution < -0.4 is 4.90 Å². The van der Waals surface area contributed by atoms with Gasteiger partial charge in [-0.25, -0.2) is 4.79 Å². The molecule has 1 saturated heterocycles. The zero-order valence-electron chi connectivity index (χ0n) is 11.5. The summed E-state index contributed by atoms with van der Waals surface area (Å²) < 4.78 is 0. The molecular formula is C15H20N2O3. The number of hydrogen-bond acceptors (Lipinski definition) is 3. The van der Waals surface area contributed by atoms with Crippen LogP contribution in [0.1, 0.15) is 24.8 Å². The lowest BCUT2D eigenvalue weighted by Crippen LogP contribution is -2.62. The molecule has 1 unspecified atom stereocenters. The Morgan fingerprint density at radius 3 is 2.80 bits per heavy atom. The van der Waals surface area contributed by atoms with Gasteiger partial charge in [-0.05, 0) is 37.3 Å². The number of hydrogen-bond donors (Lipinski definition) is 2. The first kappa shape index (κ1) is 13.2. The van der Waals surface area contributed by atoms with Crippen molar-refractivity contribution in [2.24, 2.45) is 0 Å². The molecule has 2 aliphatic heterocycles. The number of fused-ring (bicyclic) bond motifs is 1. The molecular weight excluding hydrogens is 256 g/mol. The number of anilines is 1. The zero-order chi connectivity index (χ0) is 14.2. The number of carbonyl (C=O) groups is 1. The molecule has 5 nitrogen and oxygen atoms in total. The normalized spacial score (nSPS) is 25.6. The van der Waals surface area contributed by atoms with Crippen LogP contribution in [-0.2, 0) is 6.42 Å². The number of benzene rings is 1. The van der Waals surface area contributed by atoms with Gasteiger partial charge < -0.3 is 15.1 Å². The summed E-state index contributed by atoms with van der Waals surface area (Å²) in [6.45, 7) is 1.13. The quantitative estimate of drug-likeness (QED) is 0.866. The first-order chi connectivity index (χ1) is 9.69. The predicted molar refractivity (Wildman–Crippen MR) is 75.9 cm³/mol. The summed E-state index contributed by atoms with van der Waals surface area (Å²) in [5, 5.41) is 19.4. The van der Waals surface area contributed by atoms with Gasteiger partial charge in [-0.2, -0.15) is 0 Å². The Morgan fingerprint density at radius 1 is 1.25 bits per heavy atom. The average molecular weight is 276 g/mol. The molecule has 20 heavy (non-hydrogen) atoms. The second-order valence-electron chi connectivity index (χ2n) is 5.56. The molecule has 1 aromatic rings. The Balaban J connectivity index is 2.04. The minimum atomic E-state index is -0.945. The van der Waals surface area contributed by atoms with Crippen LogP contribution in [0.3, 0.4) is 0 Å². The number of nitrogens with zero attached hydrogens (tertiary/aromatic N) is 2. The highest BCUT2D eigenvalue weighted by atomic mass is 16.4. The van der Waals surface area contributed by atoms with E-state index in [0.717, 1.165) is 31.5 Å². The third kappa shape index (κ3) is 1.85. The summed E-state index contributed by atoms with van der Waals surface area (Å²) in [6.07, 6.45) is 2.54. The summed E-state index contributed by atoms with van der Waals surface area (Å²) in [6, 6.07) is 8.11. The lowest BCUT2D eigenvalue weighted by Gasteiger charge is -2.48. The smallest absolute Gasteiger partial charge is 0.409 e. The summed E-state index contributed by atoms with van der Waals surface area (Å²) >= 11 is 0. The first-order valence-electron chi connectivity index (χ1n) is 7.16. The Hall–Kier alpha value is -1.75. The number of aliphatic hydroxyl groups excluding tert-OH is 1. The van der Waals surface area contributed by atoms with E-state index < -0.39 is 11.8 Å². The Bertz CT molecular complexity index is 520. The highest BCUT2D eigenvalue weighted by Crippen LogP contribution is 2.39. The summed E-state index contributed by atoms with van der Waals surface area (Å²) in [5.74, 6) is 0. The van der Waals surface area contributed by atoms with Crippen LogP contribution in [0, 0.1) is 0 Å². The lowest BCUT2D eigenvalue weighted by molar-refractivity contribution is 0.0562. The van der Waals surface area contributed by atoms with Gasteiger partial charge in [0.1, 0.15) is 5.66 Å². The van der Waals surface area contributed by atoms with Gasteiger partial charge in [-0.1, -0.05) is 18.2 Å². The summed E-state index contributed by atoms with van der Waals surface area (Å²) in [7, 11) is 0. The first-order valence-corrected chi connectivity index (χ1v) is 7.16. The molecule has 1 fully saturated rings. The van der Waals surface area contributed by atoms with Gasteiger partial charge in [0.05, 0.1) is 6.61 Å². The molecule has 2 aliphatic rings. The molecule has 0 radical (unpaired) electrons. The SMILES string of the molecule is O=C(O)N1CCCC1(CO)N1CCCc2ccccc21. The number of carboxylic acid groups (broad SMARTS) is 1. The molecule has 1 amide bonds. The number of likely N-dealkylation sites (tertiary alicyclic amines) is 1. The molecule has 1 aromatic carbocycles. The average Bonchev–Trinajstić information content (AvgIpc) is 2.92. The molecule has 2 heterocycles. The van der Waals surface area contributed by atoms with Crippen LogP contribution in [0.4, 0.5) is 10.5 Å². The topological polar surface area (TPSA) is 64.0 Å². The van der Waals surface area contributed by atoms with E-state index in [0.29, 0.717) is 13.0 Å². The molecule has 0 aliphatic carbocycles. The number of amides is 1. The van der Waals surface area contributed by atoms with Crippen LogP contribution in [0.25, 0.3) is 0 Å². The van der Waals surface area contributed by atoms with Crippen LogP contribution in [0.5, 0.6) is 0 Å². The van der Waals surface area contributed by atoms with E-state index in [1.165, 1.54) is 10.5 Å². The maximum Gasteiger partial charge on any atom is 0.409 e. The lowest BCUT2D eigenvalue weighted by atomic mass is 9.96.